The van der Waals surface area contributed by atoms with Gasteiger partial charge in [-0.15, -0.1) is 0 Å². The number of hydrogen-bond acceptors (Lipinski definition) is 3. The summed E-state index contributed by atoms with van der Waals surface area (Å²) >= 11 is 0. The SMILES string of the molecule is CN(CCCCCc1cc(-c2cccc(F)c2)n[nH]1)C(=O)C1CCC1C(=O)O. The second kappa shape index (κ2) is 8.99. The fourth-order valence-corrected chi connectivity index (χ4v) is 3.61. The number of aryl methyl sites for hydroxylation is 1. The summed E-state index contributed by atoms with van der Waals surface area (Å²) < 4.78 is 13.3. The maximum absolute atomic E-state index is 13.3. The molecule has 1 heterocycles. The number of nitrogens with one attached hydrogen (secondary N) is 1. The smallest absolute Gasteiger partial charge is 0.307 e. The molecule has 0 aliphatic heterocycles. The Labute approximate surface area is 163 Å². The second-order valence-electron chi connectivity index (χ2n) is 7.49. The quantitative estimate of drug-likeness (QED) is 0.645. The third kappa shape index (κ3) is 4.77. The standard InChI is InChI=1S/C21H26FN3O3/c1-25(20(26)17-9-10-18(17)21(27)28)11-4-2-3-8-16-13-19(24-23-16)14-6-5-7-15(22)12-14/h5-7,12-13,17-18H,2-4,8-11H2,1H3,(H,23,24)(H,27,28). The molecule has 1 saturated carbocycles. The molecule has 1 aromatic carbocycles. The molecule has 1 fully saturated rings. The van der Waals surface area contributed by atoms with Crippen LogP contribution in [0.3, 0.4) is 0 Å². The van der Waals surface area contributed by atoms with Crippen molar-refractivity contribution in [3.8, 4) is 11.3 Å². The Hall–Kier alpha value is -2.70. The molecular weight excluding hydrogens is 361 g/mol. The monoisotopic (exact) mass is 387 g/mol. The Morgan fingerprint density at radius 3 is 2.68 bits per heavy atom. The second-order valence-corrected chi connectivity index (χ2v) is 7.49. The maximum atomic E-state index is 13.3. The molecule has 7 heteroatoms. The summed E-state index contributed by atoms with van der Waals surface area (Å²) in [5.74, 6) is -2.06. The van der Waals surface area contributed by atoms with Gasteiger partial charge in [-0.1, -0.05) is 18.6 Å². The van der Waals surface area contributed by atoms with E-state index in [1.165, 1.54) is 12.1 Å². The summed E-state index contributed by atoms with van der Waals surface area (Å²) in [6.07, 6.45) is 4.89. The van der Waals surface area contributed by atoms with E-state index in [4.69, 9.17) is 5.11 Å². The molecule has 2 aromatic rings. The summed E-state index contributed by atoms with van der Waals surface area (Å²) in [6, 6.07) is 8.30. The zero-order valence-electron chi connectivity index (χ0n) is 16.0. The van der Waals surface area contributed by atoms with E-state index in [2.05, 4.69) is 10.2 Å². The lowest BCUT2D eigenvalue weighted by Crippen LogP contribution is -2.45. The molecule has 1 aromatic heterocycles. The number of aromatic amines is 1. The molecule has 0 bridgehead atoms. The Kier molecular flexibility index (Phi) is 6.44. The highest BCUT2D eigenvalue weighted by molar-refractivity contribution is 5.86. The van der Waals surface area contributed by atoms with Crippen molar-refractivity contribution in [3.05, 3.63) is 41.8 Å². The number of nitrogens with zero attached hydrogens (tertiary/aromatic N) is 2. The minimum absolute atomic E-state index is 0.0491. The predicted octanol–water partition coefficient (Wildman–Crippen LogP) is 3.50. The summed E-state index contributed by atoms with van der Waals surface area (Å²) in [6.45, 7) is 0.638. The first-order valence-corrected chi connectivity index (χ1v) is 9.73. The molecule has 0 spiro atoms. The fourth-order valence-electron chi connectivity index (χ4n) is 3.61. The van der Waals surface area contributed by atoms with Gasteiger partial charge < -0.3 is 10.0 Å². The number of benzene rings is 1. The van der Waals surface area contributed by atoms with Crippen LogP contribution in [0.15, 0.2) is 30.3 Å². The van der Waals surface area contributed by atoms with Gasteiger partial charge >= 0.3 is 5.97 Å². The zero-order chi connectivity index (χ0) is 20.1. The van der Waals surface area contributed by atoms with Gasteiger partial charge in [-0.3, -0.25) is 14.7 Å². The average Bonchev–Trinajstić information content (AvgIpc) is 3.08. The van der Waals surface area contributed by atoms with Crippen LogP contribution in [0.2, 0.25) is 0 Å². The lowest BCUT2D eigenvalue weighted by atomic mass is 9.73. The summed E-state index contributed by atoms with van der Waals surface area (Å²) in [4.78, 5) is 25.0. The lowest BCUT2D eigenvalue weighted by molar-refractivity contribution is -0.156. The minimum Gasteiger partial charge on any atom is -0.481 e. The highest BCUT2D eigenvalue weighted by Gasteiger charge is 2.42. The van der Waals surface area contributed by atoms with E-state index >= 15 is 0 Å². The Bertz CT molecular complexity index is 836. The summed E-state index contributed by atoms with van der Waals surface area (Å²) in [5.41, 5.74) is 2.48. The topological polar surface area (TPSA) is 86.3 Å². The van der Waals surface area contributed by atoms with Gasteiger partial charge in [0.1, 0.15) is 5.82 Å². The minimum atomic E-state index is -0.866. The molecule has 3 rings (SSSR count). The Morgan fingerprint density at radius 2 is 2.00 bits per heavy atom. The van der Waals surface area contributed by atoms with Crippen molar-refractivity contribution in [2.75, 3.05) is 13.6 Å². The number of carbonyl (C=O) groups is 2. The van der Waals surface area contributed by atoms with Crippen LogP contribution < -0.4 is 0 Å². The van der Waals surface area contributed by atoms with Gasteiger partial charge in [-0.05, 0) is 50.3 Å². The first-order valence-electron chi connectivity index (χ1n) is 9.73. The van der Waals surface area contributed by atoms with E-state index in [1.54, 1.807) is 18.0 Å². The number of aliphatic carboxylic acids is 1. The zero-order valence-corrected chi connectivity index (χ0v) is 16.0. The van der Waals surface area contributed by atoms with Gasteiger partial charge in [-0.2, -0.15) is 5.10 Å². The van der Waals surface area contributed by atoms with Crippen molar-refractivity contribution in [2.45, 2.75) is 38.5 Å². The first kappa shape index (κ1) is 20.0. The number of H-pyrrole nitrogens is 1. The van der Waals surface area contributed by atoms with E-state index in [0.717, 1.165) is 42.6 Å². The van der Waals surface area contributed by atoms with E-state index in [1.807, 2.05) is 12.1 Å². The number of rotatable bonds is 9. The van der Waals surface area contributed by atoms with Gasteiger partial charge in [0, 0.05) is 24.8 Å². The highest BCUT2D eigenvalue weighted by atomic mass is 19.1. The highest BCUT2D eigenvalue weighted by Crippen LogP contribution is 2.35. The molecule has 150 valence electrons. The summed E-state index contributed by atoms with van der Waals surface area (Å²) in [5, 5.41) is 16.3. The average molecular weight is 387 g/mol. The van der Waals surface area contributed by atoms with Gasteiger partial charge in [-0.25, -0.2) is 4.39 Å². The Balaban J connectivity index is 1.37. The van der Waals surface area contributed by atoms with Gasteiger partial charge in [0.15, 0.2) is 0 Å². The first-order chi connectivity index (χ1) is 13.5. The molecule has 1 aliphatic carbocycles. The van der Waals surface area contributed by atoms with E-state index in [9.17, 15) is 14.0 Å². The van der Waals surface area contributed by atoms with Crippen LogP contribution in [-0.4, -0.2) is 45.7 Å². The fraction of sp³-hybridized carbons (Fsp3) is 0.476. The molecular formula is C21H26FN3O3. The summed E-state index contributed by atoms with van der Waals surface area (Å²) in [7, 11) is 1.75. The van der Waals surface area contributed by atoms with E-state index < -0.39 is 11.9 Å². The number of aromatic nitrogens is 2. The number of amides is 1. The molecule has 1 aliphatic rings. The number of carboxylic acids is 1. The third-order valence-corrected chi connectivity index (χ3v) is 5.48. The molecule has 2 N–H and O–H groups in total. The van der Waals surface area contributed by atoms with E-state index in [0.29, 0.717) is 19.4 Å². The molecule has 2 unspecified atom stereocenters. The van der Waals surface area contributed by atoms with Crippen molar-refractivity contribution in [3.63, 3.8) is 0 Å². The number of unbranched alkanes of at least 4 members (excludes halogenated alkanes) is 2. The van der Waals surface area contributed by atoms with Gasteiger partial charge in [0.25, 0.3) is 0 Å². The van der Waals surface area contributed by atoms with Crippen molar-refractivity contribution in [1.29, 1.82) is 0 Å². The number of carbonyl (C=O) groups excluding carboxylic acids is 1. The van der Waals surface area contributed by atoms with E-state index in [-0.39, 0.29) is 17.6 Å². The van der Waals surface area contributed by atoms with Gasteiger partial charge in [0.2, 0.25) is 5.91 Å². The number of carboxylic acid groups (broad SMARTS) is 1. The molecule has 0 radical (unpaired) electrons. The Morgan fingerprint density at radius 1 is 1.21 bits per heavy atom. The van der Waals surface area contributed by atoms with Crippen molar-refractivity contribution in [1.82, 2.24) is 15.1 Å². The van der Waals surface area contributed by atoms with Crippen LogP contribution in [0.5, 0.6) is 0 Å². The molecule has 1 amide bonds. The molecule has 6 nitrogen and oxygen atoms in total. The van der Waals surface area contributed by atoms with Crippen LogP contribution in [0, 0.1) is 17.7 Å². The van der Waals surface area contributed by atoms with Crippen molar-refractivity contribution in [2.24, 2.45) is 11.8 Å². The lowest BCUT2D eigenvalue weighted by Gasteiger charge is -2.35. The molecule has 0 saturated heterocycles. The third-order valence-electron chi connectivity index (χ3n) is 5.48. The van der Waals surface area contributed by atoms with Crippen LogP contribution in [0.25, 0.3) is 11.3 Å². The van der Waals surface area contributed by atoms with Crippen molar-refractivity contribution >= 4 is 11.9 Å². The van der Waals surface area contributed by atoms with Gasteiger partial charge in [0.05, 0.1) is 17.5 Å². The van der Waals surface area contributed by atoms with Crippen LogP contribution in [0.4, 0.5) is 4.39 Å². The molecule has 28 heavy (non-hydrogen) atoms. The van der Waals surface area contributed by atoms with Crippen LogP contribution in [0.1, 0.15) is 37.8 Å². The maximum Gasteiger partial charge on any atom is 0.307 e. The molecule has 2 atom stereocenters. The number of halogens is 1. The normalized spacial score (nSPS) is 18.5. The predicted molar refractivity (Wildman–Crippen MR) is 103 cm³/mol. The van der Waals surface area contributed by atoms with Crippen molar-refractivity contribution < 1.29 is 19.1 Å². The van der Waals surface area contributed by atoms with Crippen LogP contribution in [-0.2, 0) is 16.0 Å². The number of hydrogen-bond donors (Lipinski definition) is 2. The van der Waals surface area contributed by atoms with Crippen LogP contribution >= 0.6 is 0 Å². The largest absolute Gasteiger partial charge is 0.481 e.